The molecule has 34 heavy (non-hydrogen) atoms. The number of nitrogens with one attached hydrogen (secondary N) is 1. The van der Waals surface area contributed by atoms with E-state index in [1.54, 1.807) is 0 Å². The number of amides is 1. The number of hydrogen-bond donors (Lipinski definition) is 1. The molecule has 0 saturated carbocycles. The lowest BCUT2D eigenvalue weighted by Crippen LogP contribution is -2.57. The van der Waals surface area contributed by atoms with Crippen LogP contribution in [0.4, 0.5) is 16.2 Å². The highest BCUT2D eigenvalue weighted by Crippen LogP contribution is 2.47. The molecule has 0 atom stereocenters. The number of nitrogens with zero attached hydrogens (tertiary/aromatic N) is 3. The van der Waals surface area contributed by atoms with Crippen LogP contribution >= 0.6 is 0 Å². The van der Waals surface area contributed by atoms with Gasteiger partial charge in [0.05, 0.1) is 23.1 Å². The van der Waals surface area contributed by atoms with Gasteiger partial charge in [0.1, 0.15) is 6.61 Å². The summed E-state index contributed by atoms with van der Waals surface area (Å²) < 4.78 is 5.60. The zero-order chi connectivity index (χ0) is 24.3. The molecule has 6 heteroatoms. The Labute approximate surface area is 203 Å². The maximum atomic E-state index is 12.8. The van der Waals surface area contributed by atoms with Crippen molar-refractivity contribution >= 4 is 17.5 Å². The first-order chi connectivity index (χ1) is 16.3. The molecular weight excluding hydrogens is 424 g/mol. The summed E-state index contributed by atoms with van der Waals surface area (Å²) in [6.45, 7) is 14.7. The molecule has 2 aliphatic heterocycles. The quantitative estimate of drug-likeness (QED) is 0.576. The Hall–Kier alpha value is -3.28. The number of carbonyl (C=O) groups excluding carboxylic acids is 1. The Morgan fingerprint density at radius 1 is 1.18 bits per heavy atom. The molecular formula is C28H36N4O2. The summed E-state index contributed by atoms with van der Waals surface area (Å²) in [6, 6.07) is 11.8. The lowest BCUT2D eigenvalue weighted by Gasteiger charge is -2.52. The molecule has 1 saturated heterocycles. The van der Waals surface area contributed by atoms with Crippen molar-refractivity contribution < 1.29 is 9.53 Å². The van der Waals surface area contributed by atoms with Crippen LogP contribution in [0.25, 0.3) is 0 Å². The molecule has 6 nitrogen and oxygen atoms in total. The van der Waals surface area contributed by atoms with Crippen molar-refractivity contribution in [2.24, 2.45) is 11.8 Å². The van der Waals surface area contributed by atoms with Crippen molar-refractivity contribution in [2.45, 2.75) is 52.7 Å². The van der Waals surface area contributed by atoms with Gasteiger partial charge in [-0.25, -0.2) is 4.79 Å². The minimum Gasteiger partial charge on any atom is -0.445 e. The predicted octanol–water partition coefficient (Wildman–Crippen LogP) is 6.19. The van der Waals surface area contributed by atoms with Gasteiger partial charge in [0.15, 0.2) is 0 Å². The lowest BCUT2D eigenvalue weighted by atomic mass is 9.79. The van der Waals surface area contributed by atoms with Gasteiger partial charge in [0.25, 0.3) is 0 Å². The molecule has 1 N–H and O–H groups in total. The Morgan fingerprint density at radius 2 is 1.88 bits per heavy atom. The number of anilines is 2. The van der Waals surface area contributed by atoms with Crippen LogP contribution in [-0.2, 0) is 11.3 Å². The van der Waals surface area contributed by atoms with Crippen LogP contribution in [0, 0.1) is 11.8 Å². The van der Waals surface area contributed by atoms with E-state index in [0.717, 1.165) is 35.5 Å². The van der Waals surface area contributed by atoms with Crippen molar-refractivity contribution in [3.05, 3.63) is 78.4 Å². The Kier molecular flexibility index (Phi) is 6.96. The van der Waals surface area contributed by atoms with E-state index in [-0.39, 0.29) is 11.6 Å². The lowest BCUT2D eigenvalue weighted by molar-refractivity contribution is 0.0830. The van der Waals surface area contributed by atoms with Gasteiger partial charge in [-0.2, -0.15) is 0 Å². The van der Waals surface area contributed by atoms with Crippen LogP contribution in [0.2, 0.25) is 0 Å². The van der Waals surface area contributed by atoms with E-state index in [0.29, 0.717) is 31.5 Å². The van der Waals surface area contributed by atoms with Crippen LogP contribution < -0.4 is 10.2 Å². The smallest absolute Gasteiger partial charge is 0.410 e. The van der Waals surface area contributed by atoms with Crippen molar-refractivity contribution in [3.8, 4) is 0 Å². The Balaban J connectivity index is 1.57. The van der Waals surface area contributed by atoms with E-state index in [9.17, 15) is 4.79 Å². The van der Waals surface area contributed by atoms with Crippen LogP contribution in [-0.4, -0.2) is 34.6 Å². The summed E-state index contributed by atoms with van der Waals surface area (Å²) in [6.07, 6.45) is 7.37. The van der Waals surface area contributed by atoms with E-state index in [1.807, 2.05) is 53.7 Å². The molecule has 2 aliphatic rings. The number of pyridine rings is 1. The maximum absolute atomic E-state index is 12.8. The molecule has 0 unspecified atom stereocenters. The van der Waals surface area contributed by atoms with Gasteiger partial charge in [0.2, 0.25) is 0 Å². The van der Waals surface area contributed by atoms with E-state index < -0.39 is 0 Å². The van der Waals surface area contributed by atoms with Crippen molar-refractivity contribution in [3.63, 3.8) is 0 Å². The molecule has 2 aromatic rings. The fourth-order valence-corrected chi connectivity index (χ4v) is 4.72. The van der Waals surface area contributed by atoms with Gasteiger partial charge in [0, 0.05) is 30.7 Å². The number of benzene rings is 1. The monoisotopic (exact) mass is 460 g/mol. The molecule has 1 fully saturated rings. The second-order valence-corrected chi connectivity index (χ2v) is 9.90. The largest absolute Gasteiger partial charge is 0.445 e. The van der Waals surface area contributed by atoms with E-state index >= 15 is 0 Å². The summed E-state index contributed by atoms with van der Waals surface area (Å²) in [7, 11) is 0. The van der Waals surface area contributed by atoms with E-state index in [2.05, 4.69) is 55.6 Å². The van der Waals surface area contributed by atoms with E-state index in [1.165, 1.54) is 5.70 Å². The molecule has 180 valence electrons. The third-order valence-electron chi connectivity index (χ3n) is 6.67. The molecule has 0 radical (unpaired) electrons. The third-order valence-corrected chi connectivity index (χ3v) is 6.67. The molecule has 0 aliphatic carbocycles. The van der Waals surface area contributed by atoms with Gasteiger partial charge in [-0.3, -0.25) is 4.98 Å². The Bertz CT molecular complexity index is 1050. The number of hydrogen-bond acceptors (Lipinski definition) is 5. The molecule has 1 amide bonds. The molecule has 1 spiro atoms. The zero-order valence-corrected chi connectivity index (χ0v) is 20.8. The minimum absolute atomic E-state index is 0.255. The summed E-state index contributed by atoms with van der Waals surface area (Å²) >= 11 is 0. The number of ether oxygens (including phenoxy) is 1. The number of likely N-dealkylation sites (tertiary alicyclic amines) is 1. The molecule has 1 aromatic heterocycles. The average Bonchev–Trinajstić information content (AvgIpc) is 2.83. The van der Waals surface area contributed by atoms with E-state index in [4.69, 9.17) is 4.74 Å². The minimum atomic E-state index is -0.297. The highest BCUT2D eigenvalue weighted by Gasteiger charge is 2.46. The van der Waals surface area contributed by atoms with Gasteiger partial charge < -0.3 is 19.9 Å². The number of piperidine rings is 1. The van der Waals surface area contributed by atoms with Crippen LogP contribution in [0.1, 0.15) is 46.1 Å². The van der Waals surface area contributed by atoms with Crippen molar-refractivity contribution in [1.29, 1.82) is 0 Å². The first-order valence-electron chi connectivity index (χ1n) is 12.2. The fraction of sp³-hybridized carbons (Fsp3) is 0.429. The first-order valence-corrected chi connectivity index (χ1v) is 12.2. The van der Waals surface area contributed by atoms with Crippen molar-refractivity contribution in [2.75, 3.05) is 23.3 Å². The number of allylic oxidation sites excluding steroid dienone is 2. The highest BCUT2D eigenvalue weighted by atomic mass is 16.6. The number of fused-ring (bicyclic) bond motifs is 1. The first kappa shape index (κ1) is 23.9. The molecule has 4 rings (SSSR count). The zero-order valence-electron chi connectivity index (χ0n) is 20.8. The van der Waals surface area contributed by atoms with Gasteiger partial charge in [-0.1, -0.05) is 70.7 Å². The third kappa shape index (κ3) is 4.81. The average molecular weight is 461 g/mol. The maximum Gasteiger partial charge on any atom is 0.410 e. The summed E-state index contributed by atoms with van der Waals surface area (Å²) in [5, 5.41) is 3.82. The predicted molar refractivity (Wildman–Crippen MR) is 137 cm³/mol. The number of aromatic nitrogens is 1. The second kappa shape index (κ2) is 9.92. The fourth-order valence-electron chi connectivity index (χ4n) is 4.72. The Morgan fingerprint density at radius 3 is 2.53 bits per heavy atom. The second-order valence-electron chi connectivity index (χ2n) is 9.90. The molecule has 3 heterocycles. The highest BCUT2D eigenvalue weighted by molar-refractivity contribution is 5.80. The van der Waals surface area contributed by atoms with Crippen LogP contribution in [0.15, 0.2) is 72.8 Å². The van der Waals surface area contributed by atoms with Crippen LogP contribution in [0.3, 0.4) is 0 Å². The van der Waals surface area contributed by atoms with Crippen molar-refractivity contribution in [1.82, 2.24) is 9.88 Å². The normalized spacial score (nSPS) is 18.2. The topological polar surface area (TPSA) is 57.7 Å². The molecule has 0 bridgehead atoms. The van der Waals surface area contributed by atoms with Gasteiger partial charge >= 0.3 is 6.09 Å². The van der Waals surface area contributed by atoms with Gasteiger partial charge in [-0.15, -0.1) is 0 Å². The standard InChI is InChI=1S/C28H36N4O2/c1-20(2)17-26-28(30-24-18-29-14-11-25(24)32(26)22(5)21(3)4)12-15-31(16-13-28)27(33)34-19-23-9-7-6-8-10-23/h6-11,14,17-18,20-21,30H,5,12-13,15-16,19H2,1-4H3/b26-17-. The number of carbonyl (C=O) groups is 1. The molecule has 1 aromatic carbocycles. The summed E-state index contributed by atoms with van der Waals surface area (Å²) in [4.78, 5) is 21.3. The summed E-state index contributed by atoms with van der Waals surface area (Å²) in [5.41, 5.74) is 5.06. The number of rotatable bonds is 5. The van der Waals surface area contributed by atoms with Gasteiger partial charge in [-0.05, 0) is 36.3 Å². The SMILES string of the molecule is C=C(C(C)C)N1/C(=C\C(C)C)C2(CCN(C(=O)OCc3ccccc3)CC2)Nc2cnccc21. The summed E-state index contributed by atoms with van der Waals surface area (Å²) in [5.74, 6) is 0.660. The van der Waals surface area contributed by atoms with Crippen LogP contribution in [0.5, 0.6) is 0 Å².